The second-order valence-electron chi connectivity index (χ2n) is 5.25. The molecule has 19 heavy (non-hydrogen) atoms. The Morgan fingerprint density at radius 3 is 2.53 bits per heavy atom. The molecular formula is C16H27ClN2. The van der Waals surface area contributed by atoms with Gasteiger partial charge in [0.05, 0.1) is 0 Å². The Labute approximate surface area is 122 Å². The zero-order valence-electron chi connectivity index (χ0n) is 12.4. The Balaban J connectivity index is 2.68. The molecule has 0 bridgehead atoms. The van der Waals surface area contributed by atoms with Crippen LogP contribution in [0.2, 0.25) is 5.02 Å². The molecule has 3 heteroatoms. The molecule has 2 nitrogen and oxygen atoms in total. The molecule has 2 atom stereocenters. The van der Waals surface area contributed by atoms with Crippen LogP contribution in [-0.2, 0) is 0 Å². The fourth-order valence-corrected chi connectivity index (χ4v) is 2.76. The van der Waals surface area contributed by atoms with Crippen LogP contribution in [0.1, 0.15) is 51.1 Å². The van der Waals surface area contributed by atoms with Gasteiger partial charge in [-0.15, -0.1) is 0 Å². The van der Waals surface area contributed by atoms with Crippen LogP contribution < -0.4 is 5.73 Å². The first kappa shape index (κ1) is 16.5. The van der Waals surface area contributed by atoms with Gasteiger partial charge < -0.3 is 5.73 Å². The normalized spacial score (nSPS) is 14.6. The first-order valence-corrected chi connectivity index (χ1v) is 7.66. The van der Waals surface area contributed by atoms with Crippen LogP contribution in [0.3, 0.4) is 0 Å². The van der Waals surface area contributed by atoms with Gasteiger partial charge in [-0.3, -0.25) is 4.90 Å². The molecule has 0 spiro atoms. The van der Waals surface area contributed by atoms with Crippen molar-refractivity contribution in [2.45, 2.75) is 51.6 Å². The van der Waals surface area contributed by atoms with E-state index in [1.807, 2.05) is 18.2 Å². The molecule has 0 heterocycles. The van der Waals surface area contributed by atoms with E-state index in [0.717, 1.165) is 11.4 Å². The SMILES string of the molecule is CCCCCC(CN)N(C)C(C)c1ccccc1Cl. The lowest BCUT2D eigenvalue weighted by Gasteiger charge is -2.33. The van der Waals surface area contributed by atoms with Crippen LogP contribution >= 0.6 is 11.6 Å². The molecule has 108 valence electrons. The smallest absolute Gasteiger partial charge is 0.0453 e. The summed E-state index contributed by atoms with van der Waals surface area (Å²) in [6.07, 6.45) is 4.94. The lowest BCUT2D eigenvalue weighted by Crippen LogP contribution is -2.39. The van der Waals surface area contributed by atoms with Crippen molar-refractivity contribution in [1.82, 2.24) is 4.90 Å². The third-order valence-corrected chi connectivity index (χ3v) is 4.30. The number of benzene rings is 1. The third-order valence-electron chi connectivity index (χ3n) is 3.96. The van der Waals surface area contributed by atoms with Gasteiger partial charge in [0.15, 0.2) is 0 Å². The molecule has 0 aromatic heterocycles. The quantitative estimate of drug-likeness (QED) is 0.723. The maximum Gasteiger partial charge on any atom is 0.0453 e. The molecule has 0 aliphatic carbocycles. The fraction of sp³-hybridized carbons (Fsp3) is 0.625. The van der Waals surface area contributed by atoms with Crippen molar-refractivity contribution in [3.8, 4) is 0 Å². The Hall–Kier alpha value is -0.570. The fourth-order valence-electron chi connectivity index (χ4n) is 2.47. The van der Waals surface area contributed by atoms with E-state index in [0.29, 0.717) is 18.6 Å². The van der Waals surface area contributed by atoms with E-state index in [9.17, 15) is 0 Å². The lowest BCUT2D eigenvalue weighted by molar-refractivity contribution is 0.177. The molecular weight excluding hydrogens is 256 g/mol. The Morgan fingerprint density at radius 2 is 1.95 bits per heavy atom. The average molecular weight is 283 g/mol. The Bertz CT molecular complexity index is 368. The highest BCUT2D eigenvalue weighted by Crippen LogP contribution is 2.28. The van der Waals surface area contributed by atoms with E-state index in [1.54, 1.807) is 0 Å². The summed E-state index contributed by atoms with van der Waals surface area (Å²) in [5, 5.41) is 0.839. The maximum absolute atomic E-state index is 6.28. The molecule has 1 aromatic rings. The van der Waals surface area contributed by atoms with Crippen LogP contribution in [0, 0.1) is 0 Å². The largest absolute Gasteiger partial charge is 0.329 e. The summed E-state index contributed by atoms with van der Waals surface area (Å²) >= 11 is 6.28. The van der Waals surface area contributed by atoms with E-state index >= 15 is 0 Å². The van der Waals surface area contributed by atoms with E-state index in [4.69, 9.17) is 17.3 Å². The highest BCUT2D eigenvalue weighted by Gasteiger charge is 2.20. The van der Waals surface area contributed by atoms with E-state index in [1.165, 1.54) is 24.8 Å². The third kappa shape index (κ3) is 4.79. The number of likely N-dealkylation sites (N-methyl/N-ethyl adjacent to an activating group) is 1. The van der Waals surface area contributed by atoms with Gasteiger partial charge in [0, 0.05) is 23.7 Å². The van der Waals surface area contributed by atoms with E-state index < -0.39 is 0 Å². The molecule has 0 amide bonds. The Kier molecular flexibility index (Phi) is 7.44. The molecule has 1 rings (SSSR count). The molecule has 0 aliphatic heterocycles. The standard InChI is InChI=1S/C16H27ClN2/c1-4-5-6-9-14(12-18)19(3)13(2)15-10-7-8-11-16(15)17/h7-8,10-11,13-14H,4-6,9,12,18H2,1-3H3. The summed E-state index contributed by atoms with van der Waals surface area (Å²) in [5.41, 5.74) is 7.12. The van der Waals surface area contributed by atoms with Gasteiger partial charge in [-0.05, 0) is 32.0 Å². The van der Waals surface area contributed by atoms with E-state index in [-0.39, 0.29) is 0 Å². The van der Waals surface area contributed by atoms with Crippen LogP contribution in [0.15, 0.2) is 24.3 Å². The van der Waals surface area contributed by atoms with Gasteiger partial charge in [-0.25, -0.2) is 0 Å². The van der Waals surface area contributed by atoms with Crippen LogP contribution in [-0.4, -0.2) is 24.5 Å². The summed E-state index contributed by atoms with van der Waals surface area (Å²) in [6, 6.07) is 8.79. The van der Waals surface area contributed by atoms with Crippen molar-refractivity contribution in [1.29, 1.82) is 0 Å². The molecule has 0 saturated carbocycles. The van der Waals surface area contributed by atoms with Crippen molar-refractivity contribution in [3.63, 3.8) is 0 Å². The average Bonchev–Trinajstić information content (AvgIpc) is 2.43. The predicted molar refractivity (Wildman–Crippen MR) is 84.6 cm³/mol. The van der Waals surface area contributed by atoms with Gasteiger partial charge in [0.25, 0.3) is 0 Å². The van der Waals surface area contributed by atoms with Crippen molar-refractivity contribution >= 4 is 11.6 Å². The van der Waals surface area contributed by atoms with Crippen LogP contribution in [0.4, 0.5) is 0 Å². The van der Waals surface area contributed by atoms with Gasteiger partial charge >= 0.3 is 0 Å². The van der Waals surface area contributed by atoms with Gasteiger partial charge in [0.2, 0.25) is 0 Å². The number of rotatable bonds is 8. The summed E-state index contributed by atoms with van der Waals surface area (Å²) < 4.78 is 0. The molecule has 1 aromatic carbocycles. The van der Waals surface area contributed by atoms with Crippen molar-refractivity contribution < 1.29 is 0 Å². The second kappa shape index (κ2) is 8.57. The van der Waals surface area contributed by atoms with E-state index in [2.05, 4.69) is 31.9 Å². The second-order valence-corrected chi connectivity index (χ2v) is 5.66. The number of hydrogen-bond acceptors (Lipinski definition) is 2. The molecule has 0 fully saturated rings. The topological polar surface area (TPSA) is 29.3 Å². The molecule has 2 N–H and O–H groups in total. The van der Waals surface area contributed by atoms with Gasteiger partial charge in [-0.1, -0.05) is 56.0 Å². The van der Waals surface area contributed by atoms with Crippen molar-refractivity contribution in [2.75, 3.05) is 13.6 Å². The number of nitrogens with zero attached hydrogens (tertiary/aromatic N) is 1. The highest BCUT2D eigenvalue weighted by atomic mass is 35.5. The van der Waals surface area contributed by atoms with Crippen LogP contribution in [0.25, 0.3) is 0 Å². The number of hydrogen-bond donors (Lipinski definition) is 1. The first-order valence-electron chi connectivity index (χ1n) is 7.28. The van der Waals surface area contributed by atoms with Crippen molar-refractivity contribution in [2.24, 2.45) is 5.73 Å². The van der Waals surface area contributed by atoms with Gasteiger partial charge in [0.1, 0.15) is 0 Å². The summed E-state index contributed by atoms with van der Waals surface area (Å²) in [7, 11) is 2.15. The number of unbranched alkanes of at least 4 members (excludes halogenated alkanes) is 2. The Morgan fingerprint density at radius 1 is 1.26 bits per heavy atom. The predicted octanol–water partition coefficient (Wildman–Crippen LogP) is 4.24. The monoisotopic (exact) mass is 282 g/mol. The molecule has 0 radical (unpaired) electrons. The summed E-state index contributed by atoms with van der Waals surface area (Å²) in [4.78, 5) is 2.36. The minimum absolute atomic E-state index is 0.295. The summed E-state index contributed by atoms with van der Waals surface area (Å²) in [6.45, 7) is 5.13. The minimum Gasteiger partial charge on any atom is -0.329 e. The van der Waals surface area contributed by atoms with Crippen LogP contribution in [0.5, 0.6) is 0 Å². The maximum atomic E-state index is 6.28. The minimum atomic E-state index is 0.295. The molecule has 0 aliphatic rings. The number of halogens is 1. The highest BCUT2D eigenvalue weighted by molar-refractivity contribution is 6.31. The van der Waals surface area contributed by atoms with Crippen molar-refractivity contribution in [3.05, 3.63) is 34.9 Å². The lowest BCUT2D eigenvalue weighted by atomic mass is 10.0. The molecule has 2 unspecified atom stereocenters. The zero-order valence-corrected chi connectivity index (χ0v) is 13.2. The number of nitrogens with two attached hydrogens (primary N) is 1. The first-order chi connectivity index (χ1) is 9.11. The summed E-state index contributed by atoms with van der Waals surface area (Å²) in [5.74, 6) is 0. The zero-order chi connectivity index (χ0) is 14.3. The van der Waals surface area contributed by atoms with Gasteiger partial charge in [-0.2, -0.15) is 0 Å². The molecule has 0 saturated heterocycles.